The predicted octanol–water partition coefficient (Wildman–Crippen LogP) is 2.33. The van der Waals surface area contributed by atoms with Gasteiger partial charge in [-0.25, -0.2) is 4.79 Å². The first-order chi connectivity index (χ1) is 13.5. The van der Waals surface area contributed by atoms with Gasteiger partial charge < -0.3 is 24.4 Å². The summed E-state index contributed by atoms with van der Waals surface area (Å²) in [6.07, 6.45) is 4.64. The van der Waals surface area contributed by atoms with E-state index in [0.717, 1.165) is 19.4 Å². The van der Waals surface area contributed by atoms with E-state index in [2.05, 4.69) is 24.1 Å². The van der Waals surface area contributed by atoms with Crippen LogP contribution < -0.4 is 9.47 Å². The maximum Gasteiger partial charge on any atom is 0.415 e. The van der Waals surface area contributed by atoms with Crippen molar-refractivity contribution in [1.82, 2.24) is 9.80 Å². The van der Waals surface area contributed by atoms with E-state index in [1.807, 2.05) is 26.0 Å². The van der Waals surface area contributed by atoms with E-state index >= 15 is 0 Å². The molecular weight excluding hydrogens is 356 g/mol. The molecule has 28 heavy (non-hydrogen) atoms. The fraction of sp³-hybridized carbons (Fsp3) is 0.591. The average molecular weight is 384 g/mol. The van der Waals surface area contributed by atoms with Gasteiger partial charge in [0.05, 0.1) is 0 Å². The second-order valence-corrected chi connectivity index (χ2v) is 8.45. The van der Waals surface area contributed by atoms with Gasteiger partial charge >= 0.3 is 6.09 Å². The Hall–Kier alpha value is -2.05. The number of nitrogens with zero attached hydrogens (tertiary/aromatic N) is 2. The molecule has 1 aromatic carbocycles. The number of piperidine rings is 1. The number of carbonyl (C=O) groups is 1. The fourth-order valence-corrected chi connectivity index (χ4v) is 5.95. The predicted molar refractivity (Wildman–Crippen MR) is 105 cm³/mol. The van der Waals surface area contributed by atoms with Gasteiger partial charge in [-0.05, 0) is 51.9 Å². The van der Waals surface area contributed by atoms with Crippen molar-refractivity contribution < 1.29 is 19.4 Å². The second kappa shape index (κ2) is 6.22. The van der Waals surface area contributed by atoms with Crippen molar-refractivity contribution in [2.24, 2.45) is 5.92 Å². The van der Waals surface area contributed by atoms with Crippen molar-refractivity contribution in [3.63, 3.8) is 0 Å². The zero-order valence-corrected chi connectivity index (χ0v) is 16.7. The van der Waals surface area contributed by atoms with Gasteiger partial charge in [-0.1, -0.05) is 18.2 Å². The summed E-state index contributed by atoms with van der Waals surface area (Å²) in [5.41, 5.74) is 2.20. The molecule has 0 saturated carbocycles. The van der Waals surface area contributed by atoms with Crippen LogP contribution >= 0.6 is 0 Å². The molecule has 2 bridgehead atoms. The molecule has 6 nitrogen and oxygen atoms in total. The highest BCUT2D eigenvalue weighted by atomic mass is 16.6. The van der Waals surface area contributed by atoms with Gasteiger partial charge in [0.1, 0.15) is 12.2 Å². The number of likely N-dealkylation sites (N-methyl/N-ethyl adjacent to an activating group) is 1. The smallest absolute Gasteiger partial charge is 0.415 e. The zero-order chi connectivity index (χ0) is 19.6. The van der Waals surface area contributed by atoms with E-state index in [-0.39, 0.29) is 17.6 Å². The first kappa shape index (κ1) is 18.0. The largest absolute Gasteiger partial charge is 0.482 e. The molecule has 1 aromatic rings. The number of carbonyl (C=O) groups excluding carboxylic acids is 1. The molecule has 1 N–H and O–H groups in total. The van der Waals surface area contributed by atoms with Gasteiger partial charge in [0, 0.05) is 36.0 Å². The molecule has 2 aliphatic carbocycles. The number of aliphatic hydroxyl groups is 1. The number of hydrogen-bond acceptors (Lipinski definition) is 5. The van der Waals surface area contributed by atoms with Crippen molar-refractivity contribution in [2.45, 2.75) is 50.4 Å². The molecule has 1 fully saturated rings. The highest BCUT2D eigenvalue weighted by molar-refractivity contribution is 5.73. The lowest BCUT2D eigenvalue weighted by Gasteiger charge is -2.56. The highest BCUT2D eigenvalue weighted by Crippen LogP contribution is 2.62. The molecule has 1 saturated heterocycles. The van der Waals surface area contributed by atoms with E-state index in [1.54, 1.807) is 4.90 Å². The number of ether oxygens (including phenoxy) is 2. The molecule has 0 radical (unpaired) electrons. The maximum absolute atomic E-state index is 12.6. The van der Waals surface area contributed by atoms with Gasteiger partial charge in [-0.3, -0.25) is 0 Å². The molecule has 2 aliphatic heterocycles. The molecule has 6 heteroatoms. The van der Waals surface area contributed by atoms with Crippen LogP contribution in [0, 0.1) is 5.92 Å². The number of benzene rings is 1. The first-order valence-electron chi connectivity index (χ1n) is 10.4. The Bertz CT molecular complexity index is 849. The lowest BCUT2D eigenvalue weighted by molar-refractivity contribution is -0.0453. The number of rotatable bonds is 3. The minimum absolute atomic E-state index is 0.230. The number of likely N-dealkylation sites (tertiary alicyclic amines) is 1. The number of aliphatic hydroxyl groups excluding tert-OH is 1. The standard InChI is InChI=1S/C22H28N2O4/c1-4-24(5-2)21(26)27-17-9-6-13-12-15-14-7-8-16(25)20-22(14,10-11-23(15)3)18(13)19(17)28-20/h6-9,14-16,20,25H,4-5,10-12H2,1-3H3/t14-,15+,16-,20-,22-/m0/s1. The van der Waals surface area contributed by atoms with Crippen LogP contribution in [0.3, 0.4) is 0 Å². The van der Waals surface area contributed by atoms with Crippen LogP contribution in [0.15, 0.2) is 24.3 Å². The molecule has 5 rings (SSSR count). The SMILES string of the molecule is CCN(CC)C(=O)Oc1ccc2c3c1O[C@H]1[C@@H](O)C=C[C@H]4[C@@H](C2)N(C)CC[C@@]341. The second-order valence-electron chi connectivity index (χ2n) is 8.45. The van der Waals surface area contributed by atoms with Crippen LogP contribution in [0.5, 0.6) is 11.5 Å². The summed E-state index contributed by atoms with van der Waals surface area (Å²) >= 11 is 0. The fourth-order valence-electron chi connectivity index (χ4n) is 5.95. The normalized spacial score (nSPS) is 34.6. The molecular formula is C22H28N2O4. The lowest BCUT2D eigenvalue weighted by Crippen LogP contribution is -2.64. The van der Waals surface area contributed by atoms with Gasteiger partial charge in [0.15, 0.2) is 11.5 Å². The van der Waals surface area contributed by atoms with Gasteiger partial charge in [-0.15, -0.1) is 0 Å². The summed E-state index contributed by atoms with van der Waals surface area (Å²) in [5, 5.41) is 10.8. The van der Waals surface area contributed by atoms with E-state index in [1.165, 1.54) is 11.1 Å². The summed E-state index contributed by atoms with van der Waals surface area (Å²) in [5.74, 6) is 1.45. The van der Waals surface area contributed by atoms with Crippen molar-refractivity contribution in [2.75, 3.05) is 26.7 Å². The Kier molecular flexibility index (Phi) is 4.00. The van der Waals surface area contributed by atoms with E-state index < -0.39 is 6.10 Å². The molecule has 5 atom stereocenters. The molecule has 1 spiro atoms. The van der Waals surface area contributed by atoms with E-state index in [4.69, 9.17) is 9.47 Å². The van der Waals surface area contributed by atoms with Crippen molar-refractivity contribution in [3.05, 3.63) is 35.4 Å². The molecule has 0 unspecified atom stereocenters. The minimum atomic E-state index is -0.648. The molecule has 1 amide bonds. The van der Waals surface area contributed by atoms with Gasteiger partial charge in [-0.2, -0.15) is 0 Å². The van der Waals surface area contributed by atoms with Crippen molar-refractivity contribution >= 4 is 6.09 Å². The number of amides is 1. The van der Waals surface area contributed by atoms with Crippen LogP contribution in [-0.2, 0) is 11.8 Å². The maximum atomic E-state index is 12.6. The Morgan fingerprint density at radius 2 is 2.14 bits per heavy atom. The monoisotopic (exact) mass is 384 g/mol. The molecule has 0 aromatic heterocycles. The van der Waals surface area contributed by atoms with E-state index in [0.29, 0.717) is 36.5 Å². The van der Waals surface area contributed by atoms with Gasteiger partial charge in [0.2, 0.25) is 0 Å². The lowest BCUT2D eigenvalue weighted by atomic mass is 9.53. The van der Waals surface area contributed by atoms with E-state index in [9.17, 15) is 9.90 Å². The zero-order valence-electron chi connectivity index (χ0n) is 16.7. The Balaban J connectivity index is 1.62. The van der Waals surface area contributed by atoms with Crippen LogP contribution in [0.25, 0.3) is 0 Å². The Morgan fingerprint density at radius 1 is 1.36 bits per heavy atom. The number of hydrogen-bond donors (Lipinski definition) is 1. The Morgan fingerprint density at radius 3 is 2.89 bits per heavy atom. The summed E-state index contributed by atoms with van der Waals surface area (Å²) in [6, 6.07) is 4.36. The average Bonchev–Trinajstić information content (AvgIpc) is 3.04. The summed E-state index contributed by atoms with van der Waals surface area (Å²) < 4.78 is 12.2. The highest BCUT2D eigenvalue weighted by Gasteiger charge is 2.64. The van der Waals surface area contributed by atoms with Crippen LogP contribution in [0.4, 0.5) is 4.79 Å². The third-order valence-electron chi connectivity index (χ3n) is 7.35. The van der Waals surface area contributed by atoms with Crippen LogP contribution in [0.1, 0.15) is 31.4 Å². The minimum Gasteiger partial charge on any atom is -0.482 e. The molecule has 2 heterocycles. The molecule has 4 aliphatic rings. The van der Waals surface area contributed by atoms with Crippen LogP contribution in [-0.4, -0.2) is 65.9 Å². The van der Waals surface area contributed by atoms with Gasteiger partial charge in [0.25, 0.3) is 0 Å². The quantitative estimate of drug-likeness (QED) is 0.811. The third-order valence-corrected chi connectivity index (χ3v) is 7.35. The summed E-state index contributed by atoms with van der Waals surface area (Å²) in [4.78, 5) is 16.6. The van der Waals surface area contributed by atoms with Crippen molar-refractivity contribution in [1.29, 1.82) is 0 Å². The molecule has 150 valence electrons. The van der Waals surface area contributed by atoms with Crippen molar-refractivity contribution in [3.8, 4) is 11.5 Å². The Labute approximate surface area is 165 Å². The van der Waals surface area contributed by atoms with Crippen LogP contribution in [0.2, 0.25) is 0 Å². The first-order valence-corrected chi connectivity index (χ1v) is 10.4. The summed E-state index contributed by atoms with van der Waals surface area (Å²) in [7, 11) is 2.19. The summed E-state index contributed by atoms with van der Waals surface area (Å²) in [6.45, 7) is 6.05. The topological polar surface area (TPSA) is 62.2 Å². The third kappa shape index (κ3) is 2.19.